The normalized spacial score (nSPS) is 13.1. The molecule has 0 aromatic carbocycles. The van der Waals surface area contributed by atoms with Crippen molar-refractivity contribution in [2.24, 2.45) is 0 Å². The Morgan fingerprint density at radius 3 is 1.32 bits per heavy atom. The molecule has 0 aliphatic heterocycles. The molecule has 1 unspecified atom stereocenters. The standard InChI is InChI=1S/C54H86O6/c1-4-7-10-13-16-19-22-24-26-28-29-32-35-38-41-44-47-53(56)59-50-51(49-58-52(55)46-43-40-37-34-31-21-18-15-12-9-6-3)60-54(57)48-45-42-39-36-33-30-27-25-23-20-17-14-11-8-5-2/h8-9,11-12,14,17-18,20-21,23,25-28,30,33-34,37,51H,4-7,10,13,15-16,19,22,24,29,31-32,35-36,38-50H2,1-3H3/b11-8-,12-9-,17-14-,21-18-,23-20-,27-25-,28-26-,33-30-,37-34-. The summed E-state index contributed by atoms with van der Waals surface area (Å²) in [6.45, 7) is 6.26. The summed E-state index contributed by atoms with van der Waals surface area (Å²) in [7, 11) is 0. The zero-order chi connectivity index (χ0) is 43.7. The highest BCUT2D eigenvalue weighted by Gasteiger charge is 2.19. The van der Waals surface area contributed by atoms with Crippen LogP contribution in [0.4, 0.5) is 0 Å². The third kappa shape index (κ3) is 45.2. The summed E-state index contributed by atoms with van der Waals surface area (Å²) in [5.74, 6) is -1.03. The lowest BCUT2D eigenvalue weighted by Gasteiger charge is -2.18. The minimum absolute atomic E-state index is 0.118. The molecule has 0 bridgehead atoms. The third-order valence-corrected chi connectivity index (χ3v) is 9.62. The van der Waals surface area contributed by atoms with Gasteiger partial charge in [0.1, 0.15) is 13.2 Å². The molecule has 0 fully saturated rings. The Kier molecular flexibility index (Phi) is 44.6. The number of unbranched alkanes of at least 4 members (excludes halogenated alkanes) is 16. The lowest BCUT2D eigenvalue weighted by atomic mass is 10.1. The van der Waals surface area contributed by atoms with Gasteiger partial charge in [0, 0.05) is 19.3 Å². The molecule has 1 atom stereocenters. The molecule has 0 spiro atoms. The van der Waals surface area contributed by atoms with E-state index in [-0.39, 0.29) is 44.0 Å². The summed E-state index contributed by atoms with van der Waals surface area (Å²) in [6.07, 6.45) is 63.7. The molecule has 0 heterocycles. The van der Waals surface area contributed by atoms with E-state index in [1.165, 1.54) is 57.8 Å². The average molecular weight is 831 g/mol. The molecule has 0 rings (SSSR count). The minimum Gasteiger partial charge on any atom is -0.462 e. The largest absolute Gasteiger partial charge is 0.462 e. The molecule has 0 saturated heterocycles. The minimum atomic E-state index is -0.824. The second-order valence-corrected chi connectivity index (χ2v) is 15.4. The van der Waals surface area contributed by atoms with Crippen molar-refractivity contribution in [2.45, 2.75) is 200 Å². The molecule has 338 valence electrons. The van der Waals surface area contributed by atoms with Gasteiger partial charge in [-0.3, -0.25) is 14.4 Å². The highest BCUT2D eigenvalue weighted by atomic mass is 16.6. The molecule has 0 radical (unpaired) electrons. The first-order chi connectivity index (χ1) is 29.5. The van der Waals surface area contributed by atoms with Crippen molar-refractivity contribution in [3.8, 4) is 0 Å². The summed E-state index contributed by atoms with van der Waals surface area (Å²) in [5, 5.41) is 0. The van der Waals surface area contributed by atoms with Gasteiger partial charge in [0.15, 0.2) is 6.10 Å². The maximum atomic E-state index is 12.7. The van der Waals surface area contributed by atoms with Gasteiger partial charge < -0.3 is 14.2 Å². The summed E-state index contributed by atoms with van der Waals surface area (Å²) < 4.78 is 16.6. The van der Waals surface area contributed by atoms with E-state index in [1.54, 1.807) is 0 Å². The predicted octanol–water partition coefficient (Wildman–Crippen LogP) is 15.6. The number of hydrogen-bond acceptors (Lipinski definition) is 6. The van der Waals surface area contributed by atoms with Crippen molar-refractivity contribution in [3.63, 3.8) is 0 Å². The molecule has 0 aliphatic rings. The smallest absolute Gasteiger partial charge is 0.306 e. The van der Waals surface area contributed by atoms with Gasteiger partial charge in [-0.2, -0.15) is 0 Å². The van der Waals surface area contributed by atoms with Gasteiger partial charge in [-0.05, 0) is 89.9 Å². The third-order valence-electron chi connectivity index (χ3n) is 9.62. The second kappa shape index (κ2) is 47.7. The van der Waals surface area contributed by atoms with Crippen LogP contribution < -0.4 is 0 Å². The molecule has 0 amide bonds. The number of allylic oxidation sites excluding steroid dienone is 18. The van der Waals surface area contributed by atoms with Crippen LogP contribution in [0.2, 0.25) is 0 Å². The van der Waals surface area contributed by atoms with E-state index >= 15 is 0 Å². The maximum Gasteiger partial charge on any atom is 0.306 e. The first-order valence-electron chi connectivity index (χ1n) is 24.0. The van der Waals surface area contributed by atoms with E-state index in [0.717, 1.165) is 83.5 Å². The van der Waals surface area contributed by atoms with Crippen molar-refractivity contribution >= 4 is 17.9 Å². The van der Waals surface area contributed by atoms with Crippen molar-refractivity contribution < 1.29 is 28.6 Å². The van der Waals surface area contributed by atoms with Crippen LogP contribution in [0.5, 0.6) is 0 Å². The van der Waals surface area contributed by atoms with Gasteiger partial charge in [0.25, 0.3) is 0 Å². The van der Waals surface area contributed by atoms with Crippen LogP contribution in [0, 0.1) is 0 Å². The molecule has 0 aromatic heterocycles. The molecule has 0 aromatic rings. The maximum absolute atomic E-state index is 12.7. The van der Waals surface area contributed by atoms with E-state index in [0.29, 0.717) is 19.3 Å². The molecule has 60 heavy (non-hydrogen) atoms. The Balaban J connectivity index is 4.53. The fourth-order valence-electron chi connectivity index (χ4n) is 6.07. The zero-order valence-electron chi connectivity index (χ0n) is 38.4. The van der Waals surface area contributed by atoms with Gasteiger partial charge >= 0.3 is 17.9 Å². The summed E-state index contributed by atoms with van der Waals surface area (Å²) in [4.78, 5) is 37.8. The van der Waals surface area contributed by atoms with Crippen LogP contribution in [-0.4, -0.2) is 37.2 Å². The van der Waals surface area contributed by atoms with Gasteiger partial charge in [-0.1, -0.05) is 194 Å². The molecular formula is C54H86O6. The number of hydrogen-bond donors (Lipinski definition) is 0. The monoisotopic (exact) mass is 831 g/mol. The Labute approximate surface area is 368 Å². The predicted molar refractivity (Wildman–Crippen MR) is 256 cm³/mol. The Bertz CT molecular complexity index is 1280. The van der Waals surface area contributed by atoms with Crippen LogP contribution in [0.15, 0.2) is 109 Å². The fourth-order valence-corrected chi connectivity index (χ4v) is 6.07. The summed E-state index contributed by atoms with van der Waals surface area (Å²) in [6, 6.07) is 0. The number of rotatable bonds is 41. The molecule has 0 N–H and O–H groups in total. The van der Waals surface area contributed by atoms with Crippen LogP contribution in [0.1, 0.15) is 194 Å². The van der Waals surface area contributed by atoms with E-state index in [9.17, 15) is 14.4 Å². The van der Waals surface area contributed by atoms with Gasteiger partial charge in [0.05, 0.1) is 0 Å². The van der Waals surface area contributed by atoms with Gasteiger partial charge in [-0.15, -0.1) is 0 Å². The Morgan fingerprint density at radius 2 is 0.750 bits per heavy atom. The number of esters is 3. The van der Waals surface area contributed by atoms with Crippen molar-refractivity contribution in [2.75, 3.05) is 13.2 Å². The molecule has 6 nitrogen and oxygen atoms in total. The molecular weight excluding hydrogens is 745 g/mol. The molecule has 6 heteroatoms. The zero-order valence-corrected chi connectivity index (χ0v) is 38.4. The highest BCUT2D eigenvalue weighted by molar-refractivity contribution is 5.71. The number of carbonyl (C=O) groups excluding carboxylic acids is 3. The number of ether oxygens (including phenoxy) is 3. The van der Waals surface area contributed by atoms with Gasteiger partial charge in [-0.25, -0.2) is 0 Å². The Hall–Kier alpha value is -3.93. The van der Waals surface area contributed by atoms with Crippen molar-refractivity contribution in [1.29, 1.82) is 0 Å². The Morgan fingerprint density at radius 1 is 0.367 bits per heavy atom. The number of carbonyl (C=O) groups is 3. The average Bonchev–Trinajstić information content (AvgIpc) is 3.24. The van der Waals surface area contributed by atoms with Crippen molar-refractivity contribution in [3.05, 3.63) is 109 Å². The van der Waals surface area contributed by atoms with Crippen LogP contribution in [-0.2, 0) is 28.6 Å². The second-order valence-electron chi connectivity index (χ2n) is 15.4. The summed E-state index contributed by atoms with van der Waals surface area (Å²) >= 11 is 0. The van der Waals surface area contributed by atoms with E-state index in [1.807, 2.05) is 48.6 Å². The van der Waals surface area contributed by atoms with E-state index < -0.39 is 6.10 Å². The first kappa shape index (κ1) is 56.1. The fraction of sp³-hybridized carbons (Fsp3) is 0.611. The first-order valence-corrected chi connectivity index (χ1v) is 24.0. The molecule has 0 saturated carbocycles. The lowest BCUT2D eigenvalue weighted by molar-refractivity contribution is -0.167. The topological polar surface area (TPSA) is 78.9 Å². The molecule has 0 aliphatic carbocycles. The quantitative estimate of drug-likeness (QED) is 0.0201. The SMILES string of the molecule is CC\C=C/C=C\C=C/C=C\C=C/CCCCCC(=O)OC(COC(=O)CCC/C=C\C/C=C\C/C=C\CC)COC(=O)CCCCCCC/C=C\CCCCCCCCC. The van der Waals surface area contributed by atoms with Crippen LogP contribution >= 0.6 is 0 Å². The summed E-state index contributed by atoms with van der Waals surface area (Å²) in [5.41, 5.74) is 0. The van der Waals surface area contributed by atoms with E-state index in [2.05, 4.69) is 81.5 Å². The van der Waals surface area contributed by atoms with Crippen molar-refractivity contribution in [1.82, 2.24) is 0 Å². The van der Waals surface area contributed by atoms with Crippen LogP contribution in [0.3, 0.4) is 0 Å². The van der Waals surface area contributed by atoms with Crippen LogP contribution in [0.25, 0.3) is 0 Å². The van der Waals surface area contributed by atoms with Gasteiger partial charge in [0.2, 0.25) is 0 Å². The lowest BCUT2D eigenvalue weighted by Crippen LogP contribution is -2.30. The van der Waals surface area contributed by atoms with E-state index in [4.69, 9.17) is 14.2 Å². The highest BCUT2D eigenvalue weighted by Crippen LogP contribution is 2.12.